The molecule has 0 aliphatic carbocycles. The van der Waals surface area contributed by atoms with Gasteiger partial charge in [-0.2, -0.15) is 9.40 Å². The zero-order valence-electron chi connectivity index (χ0n) is 9.44. The van der Waals surface area contributed by atoms with Crippen LogP contribution in [0.5, 0.6) is 0 Å². The van der Waals surface area contributed by atoms with E-state index in [0.29, 0.717) is 24.0 Å². The maximum atomic E-state index is 12.4. The highest BCUT2D eigenvalue weighted by molar-refractivity contribution is 7.89. The van der Waals surface area contributed by atoms with Gasteiger partial charge in [0.15, 0.2) is 5.65 Å². The van der Waals surface area contributed by atoms with E-state index in [0.717, 1.165) is 0 Å². The first-order valence-corrected chi connectivity index (χ1v) is 7.00. The van der Waals surface area contributed by atoms with E-state index < -0.39 is 16.1 Å². The fraction of sp³-hybridized carbons (Fsp3) is 0.400. The summed E-state index contributed by atoms with van der Waals surface area (Å²) in [6.07, 6.45) is 1.43. The first kappa shape index (κ1) is 11.6. The Morgan fingerprint density at radius 1 is 1.50 bits per heavy atom. The van der Waals surface area contributed by atoms with E-state index in [1.165, 1.54) is 4.31 Å². The van der Waals surface area contributed by atoms with Crippen molar-refractivity contribution in [2.75, 3.05) is 13.1 Å². The molecule has 18 heavy (non-hydrogen) atoms. The van der Waals surface area contributed by atoms with Gasteiger partial charge in [-0.3, -0.25) is 5.10 Å². The summed E-state index contributed by atoms with van der Waals surface area (Å²) in [4.78, 5) is 4.01. The van der Waals surface area contributed by atoms with Gasteiger partial charge < -0.3 is 5.11 Å². The Kier molecular flexibility index (Phi) is 2.58. The van der Waals surface area contributed by atoms with Crippen molar-refractivity contribution in [2.45, 2.75) is 17.6 Å². The SMILES string of the molecule is O=S(=O)(c1n[nH]c2ncccc12)N1CCC(O)C1. The second-order valence-electron chi connectivity index (χ2n) is 4.23. The van der Waals surface area contributed by atoms with Crippen molar-refractivity contribution in [3.63, 3.8) is 0 Å². The fourth-order valence-corrected chi connectivity index (χ4v) is 3.64. The summed E-state index contributed by atoms with van der Waals surface area (Å²) in [6, 6.07) is 3.32. The van der Waals surface area contributed by atoms with Gasteiger partial charge in [-0.05, 0) is 18.6 Å². The molecule has 0 spiro atoms. The number of nitrogens with one attached hydrogen (secondary N) is 1. The van der Waals surface area contributed by atoms with Gasteiger partial charge in [-0.15, -0.1) is 0 Å². The molecule has 0 amide bonds. The number of rotatable bonds is 2. The first-order chi connectivity index (χ1) is 8.59. The van der Waals surface area contributed by atoms with Crippen molar-refractivity contribution in [1.82, 2.24) is 19.5 Å². The summed E-state index contributed by atoms with van der Waals surface area (Å²) < 4.78 is 26.0. The van der Waals surface area contributed by atoms with E-state index in [9.17, 15) is 13.5 Å². The van der Waals surface area contributed by atoms with Crippen LogP contribution in [0.25, 0.3) is 11.0 Å². The van der Waals surface area contributed by atoms with Gasteiger partial charge in [0.1, 0.15) is 0 Å². The normalized spacial score (nSPS) is 21.7. The number of sulfonamides is 1. The van der Waals surface area contributed by atoms with Gasteiger partial charge in [-0.1, -0.05) is 0 Å². The number of fused-ring (bicyclic) bond motifs is 1. The van der Waals surface area contributed by atoms with Gasteiger partial charge in [0.2, 0.25) is 5.03 Å². The Labute approximate surface area is 103 Å². The zero-order chi connectivity index (χ0) is 12.8. The molecule has 2 aromatic rings. The van der Waals surface area contributed by atoms with Gasteiger partial charge in [-0.25, -0.2) is 13.4 Å². The van der Waals surface area contributed by atoms with Crippen molar-refractivity contribution in [3.05, 3.63) is 18.3 Å². The van der Waals surface area contributed by atoms with Gasteiger partial charge in [0.05, 0.1) is 11.5 Å². The van der Waals surface area contributed by atoms with E-state index in [1.54, 1.807) is 18.3 Å². The number of β-amino-alcohol motifs (C(OH)–C–C–N with tert-alkyl or cyclic N) is 1. The summed E-state index contributed by atoms with van der Waals surface area (Å²) >= 11 is 0. The lowest BCUT2D eigenvalue weighted by molar-refractivity contribution is 0.189. The summed E-state index contributed by atoms with van der Waals surface area (Å²) in [5, 5.41) is 16.3. The largest absolute Gasteiger partial charge is 0.392 e. The van der Waals surface area contributed by atoms with Crippen LogP contribution in [-0.4, -0.2) is 52.2 Å². The van der Waals surface area contributed by atoms with Crippen molar-refractivity contribution in [2.24, 2.45) is 0 Å². The van der Waals surface area contributed by atoms with Gasteiger partial charge in [0, 0.05) is 19.3 Å². The summed E-state index contributed by atoms with van der Waals surface area (Å²) in [5.41, 5.74) is 0.441. The molecule has 2 aromatic heterocycles. The van der Waals surface area contributed by atoms with Crippen LogP contribution in [0.3, 0.4) is 0 Å². The minimum Gasteiger partial charge on any atom is -0.392 e. The standard InChI is InChI=1S/C10H12N4O3S/c15-7-3-5-14(6-7)18(16,17)10-8-2-1-4-11-9(8)12-13-10/h1-2,4,7,15H,3,5-6H2,(H,11,12,13). The maximum Gasteiger partial charge on any atom is 0.263 e. The average Bonchev–Trinajstić information content (AvgIpc) is 2.95. The lowest BCUT2D eigenvalue weighted by Crippen LogP contribution is -2.30. The van der Waals surface area contributed by atoms with Crippen molar-refractivity contribution < 1.29 is 13.5 Å². The number of hydrogen-bond donors (Lipinski definition) is 2. The Morgan fingerprint density at radius 3 is 3.06 bits per heavy atom. The van der Waals surface area contributed by atoms with Crippen LogP contribution in [0.1, 0.15) is 6.42 Å². The zero-order valence-corrected chi connectivity index (χ0v) is 10.3. The molecule has 0 aromatic carbocycles. The predicted molar refractivity (Wildman–Crippen MR) is 63.3 cm³/mol. The number of aliphatic hydroxyl groups is 1. The third-order valence-corrected chi connectivity index (χ3v) is 4.82. The summed E-state index contributed by atoms with van der Waals surface area (Å²) in [7, 11) is -3.66. The Hall–Kier alpha value is -1.51. The molecule has 8 heteroatoms. The first-order valence-electron chi connectivity index (χ1n) is 5.56. The highest BCUT2D eigenvalue weighted by atomic mass is 32.2. The summed E-state index contributed by atoms with van der Waals surface area (Å²) in [6.45, 7) is 0.440. The molecule has 1 saturated heterocycles. The van der Waals surface area contributed by atoms with Crippen LogP contribution in [0.2, 0.25) is 0 Å². The van der Waals surface area contributed by atoms with E-state index in [-0.39, 0.29) is 11.6 Å². The lowest BCUT2D eigenvalue weighted by Gasteiger charge is -2.13. The van der Waals surface area contributed by atoms with Crippen LogP contribution in [0, 0.1) is 0 Å². The average molecular weight is 268 g/mol. The van der Waals surface area contributed by atoms with Crippen LogP contribution in [0.15, 0.2) is 23.4 Å². The monoisotopic (exact) mass is 268 g/mol. The fourth-order valence-electron chi connectivity index (χ4n) is 2.08. The molecule has 1 aliphatic rings. The number of aliphatic hydroxyl groups excluding tert-OH is 1. The highest BCUT2D eigenvalue weighted by Gasteiger charge is 2.34. The van der Waals surface area contributed by atoms with Gasteiger partial charge >= 0.3 is 0 Å². The molecule has 1 fully saturated rings. The number of H-pyrrole nitrogens is 1. The van der Waals surface area contributed by atoms with Crippen molar-refractivity contribution >= 4 is 21.1 Å². The smallest absolute Gasteiger partial charge is 0.263 e. The third-order valence-electron chi connectivity index (χ3n) is 3.01. The van der Waals surface area contributed by atoms with Crippen LogP contribution >= 0.6 is 0 Å². The van der Waals surface area contributed by atoms with E-state index in [4.69, 9.17) is 0 Å². The highest BCUT2D eigenvalue weighted by Crippen LogP contribution is 2.24. The van der Waals surface area contributed by atoms with Crippen molar-refractivity contribution in [3.8, 4) is 0 Å². The minimum absolute atomic E-state index is 0.0281. The number of aromatic amines is 1. The molecule has 1 unspecified atom stereocenters. The second kappa shape index (κ2) is 4.01. The Bertz CT molecular complexity index is 681. The van der Waals surface area contributed by atoms with Gasteiger partial charge in [0.25, 0.3) is 10.0 Å². The Balaban J connectivity index is 2.08. The van der Waals surface area contributed by atoms with E-state index in [2.05, 4.69) is 15.2 Å². The molecule has 96 valence electrons. The molecule has 3 rings (SSSR count). The van der Waals surface area contributed by atoms with Crippen molar-refractivity contribution in [1.29, 1.82) is 0 Å². The molecule has 0 saturated carbocycles. The molecule has 3 heterocycles. The van der Waals surface area contributed by atoms with E-state index >= 15 is 0 Å². The third kappa shape index (κ3) is 1.69. The molecule has 2 N–H and O–H groups in total. The molecule has 0 radical (unpaired) electrons. The lowest BCUT2D eigenvalue weighted by atomic mass is 10.3. The maximum absolute atomic E-state index is 12.4. The number of nitrogens with zero attached hydrogens (tertiary/aromatic N) is 3. The predicted octanol–water partition coefficient (Wildman–Crippen LogP) is -0.287. The Morgan fingerprint density at radius 2 is 2.33 bits per heavy atom. The van der Waals surface area contributed by atoms with Crippen LogP contribution in [-0.2, 0) is 10.0 Å². The number of hydrogen-bond acceptors (Lipinski definition) is 5. The molecule has 1 aliphatic heterocycles. The second-order valence-corrected chi connectivity index (χ2v) is 6.09. The topological polar surface area (TPSA) is 99.2 Å². The molecule has 1 atom stereocenters. The number of pyridine rings is 1. The quantitative estimate of drug-likeness (QED) is 0.780. The molecule has 7 nitrogen and oxygen atoms in total. The molecule has 0 bridgehead atoms. The molecular formula is C10H12N4O3S. The van der Waals surface area contributed by atoms with Crippen LogP contribution in [0.4, 0.5) is 0 Å². The van der Waals surface area contributed by atoms with E-state index in [1.807, 2.05) is 0 Å². The summed E-state index contributed by atoms with van der Waals surface area (Å²) in [5.74, 6) is 0. The van der Waals surface area contributed by atoms with Crippen LogP contribution < -0.4 is 0 Å². The molecular weight excluding hydrogens is 256 g/mol. The minimum atomic E-state index is -3.66. The number of aromatic nitrogens is 3.